The van der Waals surface area contributed by atoms with Gasteiger partial charge in [-0.05, 0) is 36.4 Å². The van der Waals surface area contributed by atoms with Gasteiger partial charge in [-0.15, -0.1) is 0 Å². The third-order valence-electron chi connectivity index (χ3n) is 1.98. The molecular formula is C10H10F4OS. The standard InChI is InChI=1S/C10H10F4OS/c1-9(15,6-16-10(12,13)14)7-2-4-8(11)5-3-7/h2-5,15H,6H2,1H3. The zero-order chi connectivity index (χ0) is 12.4. The molecule has 0 aliphatic heterocycles. The predicted molar refractivity (Wildman–Crippen MR) is 54.5 cm³/mol. The first-order valence-corrected chi connectivity index (χ1v) is 5.38. The Morgan fingerprint density at radius 2 is 1.69 bits per heavy atom. The van der Waals surface area contributed by atoms with Gasteiger partial charge in [-0.1, -0.05) is 12.1 Å². The average molecular weight is 254 g/mol. The molecule has 0 saturated carbocycles. The topological polar surface area (TPSA) is 20.2 Å². The number of rotatable bonds is 3. The van der Waals surface area contributed by atoms with Crippen molar-refractivity contribution >= 4 is 11.8 Å². The second kappa shape index (κ2) is 4.63. The van der Waals surface area contributed by atoms with Crippen LogP contribution in [0.1, 0.15) is 12.5 Å². The Morgan fingerprint density at radius 1 is 1.19 bits per heavy atom. The van der Waals surface area contributed by atoms with Crippen LogP contribution in [0.5, 0.6) is 0 Å². The Kier molecular flexibility index (Phi) is 3.85. The SMILES string of the molecule is CC(O)(CSC(F)(F)F)c1ccc(F)cc1. The summed E-state index contributed by atoms with van der Waals surface area (Å²) in [7, 11) is 0. The van der Waals surface area contributed by atoms with Crippen molar-refractivity contribution < 1.29 is 22.7 Å². The second-order valence-electron chi connectivity index (χ2n) is 3.52. The maximum absolute atomic E-state index is 12.6. The number of hydrogen-bond donors (Lipinski definition) is 1. The Balaban J connectivity index is 2.73. The monoisotopic (exact) mass is 254 g/mol. The normalized spacial score (nSPS) is 15.9. The summed E-state index contributed by atoms with van der Waals surface area (Å²) in [6.07, 6.45) is 0. The van der Waals surface area contributed by atoms with E-state index in [0.717, 1.165) is 12.1 Å². The lowest BCUT2D eigenvalue weighted by atomic mass is 9.98. The molecule has 0 bridgehead atoms. The van der Waals surface area contributed by atoms with E-state index in [0.29, 0.717) is 0 Å². The van der Waals surface area contributed by atoms with Crippen LogP contribution >= 0.6 is 11.8 Å². The summed E-state index contributed by atoms with van der Waals surface area (Å²) < 4.78 is 48.5. The molecule has 0 fully saturated rings. The molecule has 16 heavy (non-hydrogen) atoms. The number of alkyl halides is 3. The molecule has 1 N–H and O–H groups in total. The van der Waals surface area contributed by atoms with Crippen molar-refractivity contribution in [1.82, 2.24) is 0 Å². The average Bonchev–Trinajstić information content (AvgIpc) is 2.15. The summed E-state index contributed by atoms with van der Waals surface area (Å²) in [6, 6.07) is 4.74. The molecule has 1 atom stereocenters. The van der Waals surface area contributed by atoms with E-state index in [9.17, 15) is 22.7 Å². The Labute approximate surface area is 94.5 Å². The van der Waals surface area contributed by atoms with Crippen LogP contribution in [-0.2, 0) is 5.60 Å². The lowest BCUT2D eigenvalue weighted by Crippen LogP contribution is -2.26. The van der Waals surface area contributed by atoms with E-state index < -0.39 is 22.7 Å². The molecule has 6 heteroatoms. The zero-order valence-electron chi connectivity index (χ0n) is 8.38. The van der Waals surface area contributed by atoms with E-state index in [2.05, 4.69) is 0 Å². The van der Waals surface area contributed by atoms with Gasteiger partial charge in [0.15, 0.2) is 0 Å². The van der Waals surface area contributed by atoms with Crippen LogP contribution in [0.15, 0.2) is 24.3 Å². The van der Waals surface area contributed by atoms with Gasteiger partial charge < -0.3 is 5.11 Å². The summed E-state index contributed by atoms with van der Waals surface area (Å²) in [5.74, 6) is -1.02. The third-order valence-corrected chi connectivity index (χ3v) is 3.02. The van der Waals surface area contributed by atoms with Crippen molar-refractivity contribution in [1.29, 1.82) is 0 Å². The van der Waals surface area contributed by atoms with Gasteiger partial charge in [0, 0.05) is 5.75 Å². The number of benzene rings is 1. The number of thioether (sulfide) groups is 1. The quantitative estimate of drug-likeness (QED) is 0.835. The first-order chi connectivity index (χ1) is 7.21. The van der Waals surface area contributed by atoms with Gasteiger partial charge in [-0.3, -0.25) is 0 Å². The maximum atomic E-state index is 12.6. The van der Waals surface area contributed by atoms with Crippen LogP contribution in [0.3, 0.4) is 0 Å². The van der Waals surface area contributed by atoms with Gasteiger partial charge in [0.05, 0.1) is 5.60 Å². The lowest BCUT2D eigenvalue weighted by Gasteiger charge is -2.23. The van der Waals surface area contributed by atoms with E-state index in [1.807, 2.05) is 0 Å². The molecule has 0 radical (unpaired) electrons. The van der Waals surface area contributed by atoms with Gasteiger partial charge in [-0.2, -0.15) is 13.2 Å². The first-order valence-electron chi connectivity index (χ1n) is 4.40. The van der Waals surface area contributed by atoms with Gasteiger partial charge in [0.25, 0.3) is 0 Å². The molecule has 90 valence electrons. The van der Waals surface area contributed by atoms with Crippen LogP contribution in [0.2, 0.25) is 0 Å². The molecular weight excluding hydrogens is 244 g/mol. The smallest absolute Gasteiger partial charge is 0.385 e. The first kappa shape index (κ1) is 13.3. The van der Waals surface area contributed by atoms with Crippen LogP contribution in [-0.4, -0.2) is 16.4 Å². The number of aliphatic hydroxyl groups is 1. The third kappa shape index (κ3) is 4.02. The molecule has 0 saturated heterocycles. The lowest BCUT2D eigenvalue weighted by molar-refractivity contribution is -0.0345. The molecule has 0 aromatic heterocycles. The summed E-state index contributed by atoms with van der Waals surface area (Å²) in [5, 5.41) is 9.80. The van der Waals surface area contributed by atoms with Crippen molar-refractivity contribution in [3.63, 3.8) is 0 Å². The molecule has 0 spiro atoms. The fraction of sp³-hybridized carbons (Fsp3) is 0.400. The van der Waals surface area contributed by atoms with Crippen LogP contribution in [0.25, 0.3) is 0 Å². The van der Waals surface area contributed by atoms with E-state index in [-0.39, 0.29) is 17.3 Å². The van der Waals surface area contributed by atoms with Crippen molar-refractivity contribution in [2.45, 2.75) is 18.0 Å². The zero-order valence-corrected chi connectivity index (χ0v) is 9.20. The molecule has 1 rings (SSSR count). The minimum atomic E-state index is -4.38. The fourth-order valence-electron chi connectivity index (χ4n) is 1.11. The highest BCUT2D eigenvalue weighted by Gasteiger charge is 2.34. The highest BCUT2D eigenvalue weighted by atomic mass is 32.2. The van der Waals surface area contributed by atoms with Crippen molar-refractivity contribution in [3.05, 3.63) is 35.6 Å². The van der Waals surface area contributed by atoms with Crippen LogP contribution in [0.4, 0.5) is 17.6 Å². The molecule has 0 aliphatic rings. The molecule has 0 aliphatic carbocycles. The molecule has 1 aromatic carbocycles. The van der Waals surface area contributed by atoms with E-state index in [1.54, 1.807) is 0 Å². The Hall–Kier alpha value is -0.750. The van der Waals surface area contributed by atoms with Gasteiger partial charge in [-0.25, -0.2) is 4.39 Å². The fourth-order valence-corrected chi connectivity index (χ4v) is 1.73. The highest BCUT2D eigenvalue weighted by Crippen LogP contribution is 2.35. The summed E-state index contributed by atoms with van der Waals surface area (Å²) in [6.45, 7) is 1.26. The molecule has 1 unspecified atom stereocenters. The van der Waals surface area contributed by atoms with Gasteiger partial charge in [0.1, 0.15) is 5.82 Å². The number of hydrogen-bond acceptors (Lipinski definition) is 2. The summed E-state index contributed by atoms with van der Waals surface area (Å²) in [4.78, 5) is 0. The molecule has 1 nitrogen and oxygen atoms in total. The van der Waals surface area contributed by atoms with Gasteiger partial charge in [0.2, 0.25) is 0 Å². The maximum Gasteiger partial charge on any atom is 0.441 e. The van der Waals surface area contributed by atoms with Crippen LogP contribution in [0, 0.1) is 5.82 Å². The van der Waals surface area contributed by atoms with Gasteiger partial charge >= 0.3 is 5.51 Å². The summed E-state index contributed by atoms with van der Waals surface area (Å²) in [5.41, 5.74) is -5.76. The summed E-state index contributed by atoms with van der Waals surface area (Å²) >= 11 is -0.304. The number of halogens is 4. The second-order valence-corrected chi connectivity index (χ2v) is 4.56. The largest absolute Gasteiger partial charge is 0.441 e. The molecule has 0 amide bonds. The van der Waals surface area contributed by atoms with E-state index in [1.165, 1.54) is 19.1 Å². The predicted octanol–water partition coefficient (Wildman–Crippen LogP) is 3.29. The van der Waals surface area contributed by atoms with E-state index in [4.69, 9.17) is 0 Å². The van der Waals surface area contributed by atoms with E-state index >= 15 is 0 Å². The van der Waals surface area contributed by atoms with Crippen molar-refractivity contribution in [2.75, 3.05) is 5.75 Å². The minimum absolute atomic E-state index is 0.255. The minimum Gasteiger partial charge on any atom is -0.385 e. The van der Waals surface area contributed by atoms with Crippen LogP contribution < -0.4 is 0 Å². The Bertz CT molecular complexity index is 345. The highest BCUT2D eigenvalue weighted by molar-refractivity contribution is 8.00. The molecule has 0 heterocycles. The Morgan fingerprint density at radius 3 is 2.12 bits per heavy atom. The molecule has 1 aromatic rings. The van der Waals surface area contributed by atoms with Crippen molar-refractivity contribution in [2.24, 2.45) is 0 Å². The van der Waals surface area contributed by atoms with Crippen molar-refractivity contribution in [3.8, 4) is 0 Å².